The van der Waals surface area contributed by atoms with Crippen LogP contribution in [0.3, 0.4) is 0 Å². The number of hydroxylamine groups is 1. The van der Waals surface area contributed by atoms with Crippen molar-refractivity contribution in [2.75, 3.05) is 13.7 Å². The Labute approximate surface area is 146 Å². The third-order valence-corrected chi connectivity index (χ3v) is 5.80. The van der Waals surface area contributed by atoms with Gasteiger partial charge in [0.1, 0.15) is 5.75 Å². The molecule has 0 unspecified atom stereocenters. The summed E-state index contributed by atoms with van der Waals surface area (Å²) in [4.78, 5) is 25.4. The quantitative estimate of drug-likeness (QED) is 0.562. The van der Waals surface area contributed by atoms with Crippen LogP contribution in [0.2, 0.25) is 0 Å². The summed E-state index contributed by atoms with van der Waals surface area (Å²) in [6, 6.07) is 5.27. The van der Waals surface area contributed by atoms with Gasteiger partial charge in [0.25, 0.3) is 5.91 Å². The molecule has 1 aliphatic heterocycles. The van der Waals surface area contributed by atoms with E-state index in [2.05, 4.69) is 0 Å². The number of carbonyl (C=O) groups is 2. The Morgan fingerprint density at radius 2 is 1.92 bits per heavy atom. The second-order valence-corrected chi connectivity index (χ2v) is 7.68. The first-order valence-corrected chi connectivity index (χ1v) is 9.09. The number of ether oxygens (including phenoxy) is 1. The largest absolute Gasteiger partial charge is 0.497 e. The van der Waals surface area contributed by atoms with Gasteiger partial charge >= 0.3 is 0 Å². The zero-order valence-corrected chi connectivity index (χ0v) is 15.0. The molecule has 0 spiro atoms. The molecular formula is C15H21N3O6S. The van der Waals surface area contributed by atoms with Gasteiger partial charge in [-0.05, 0) is 38.1 Å². The minimum Gasteiger partial charge on any atom is -0.497 e. The highest BCUT2D eigenvalue weighted by Crippen LogP contribution is 2.27. The Bertz CT molecular complexity index is 747. The van der Waals surface area contributed by atoms with Crippen molar-refractivity contribution in [3.05, 3.63) is 24.3 Å². The zero-order valence-electron chi connectivity index (χ0n) is 14.2. The number of methoxy groups -OCH3 is 1. The maximum Gasteiger partial charge on any atom is 0.282 e. The van der Waals surface area contributed by atoms with Crippen molar-refractivity contribution in [1.29, 1.82) is 0 Å². The summed E-state index contributed by atoms with van der Waals surface area (Å²) >= 11 is 0. The van der Waals surface area contributed by atoms with E-state index < -0.39 is 28.1 Å². The van der Waals surface area contributed by atoms with E-state index in [1.807, 2.05) is 0 Å². The molecule has 1 aromatic rings. The summed E-state index contributed by atoms with van der Waals surface area (Å²) < 4.78 is 31.9. The Hall–Kier alpha value is -2.17. The molecule has 1 fully saturated rings. The third-order valence-electron chi connectivity index (χ3n) is 3.94. The van der Waals surface area contributed by atoms with Crippen LogP contribution in [0.1, 0.15) is 20.3 Å². The minimum absolute atomic E-state index is 0.0397. The molecule has 2 N–H and O–H groups in total. The maximum absolute atomic E-state index is 13.0. The number of benzene rings is 1. The molecule has 0 bridgehead atoms. The molecule has 1 heterocycles. The topological polar surface area (TPSA) is 116 Å². The molecule has 1 aliphatic rings. The second kappa shape index (κ2) is 7.38. The average Bonchev–Trinajstić information content (AvgIpc) is 2.60. The van der Waals surface area contributed by atoms with Crippen molar-refractivity contribution < 1.29 is 28.0 Å². The van der Waals surface area contributed by atoms with Crippen LogP contribution >= 0.6 is 0 Å². The van der Waals surface area contributed by atoms with Gasteiger partial charge in [-0.25, -0.2) is 13.9 Å². The molecular weight excluding hydrogens is 350 g/mol. The summed E-state index contributed by atoms with van der Waals surface area (Å²) in [7, 11) is -2.61. The van der Waals surface area contributed by atoms with Gasteiger partial charge in [0.2, 0.25) is 15.9 Å². The van der Waals surface area contributed by atoms with Crippen LogP contribution in [0.15, 0.2) is 29.2 Å². The van der Waals surface area contributed by atoms with Crippen LogP contribution in [-0.4, -0.2) is 60.5 Å². The molecule has 138 valence electrons. The SMILES string of the molecule is COc1ccc(S(=O)(=O)N2CCC(=O)N(C(C)C)[C@H]2C(=O)NO)cc1. The summed E-state index contributed by atoms with van der Waals surface area (Å²) in [6.45, 7) is 3.17. The van der Waals surface area contributed by atoms with E-state index in [1.165, 1.54) is 36.9 Å². The van der Waals surface area contributed by atoms with E-state index in [-0.39, 0.29) is 23.8 Å². The van der Waals surface area contributed by atoms with Crippen molar-refractivity contribution >= 4 is 21.8 Å². The summed E-state index contributed by atoms with van der Waals surface area (Å²) in [6.07, 6.45) is -1.51. The van der Waals surface area contributed by atoms with Crippen LogP contribution in [-0.2, 0) is 19.6 Å². The molecule has 10 heteroatoms. The highest BCUT2D eigenvalue weighted by Gasteiger charge is 2.45. The lowest BCUT2D eigenvalue weighted by atomic mass is 10.2. The number of sulfonamides is 1. The molecule has 25 heavy (non-hydrogen) atoms. The van der Waals surface area contributed by atoms with Crippen molar-refractivity contribution in [2.24, 2.45) is 0 Å². The smallest absolute Gasteiger partial charge is 0.282 e. The maximum atomic E-state index is 13.0. The molecule has 0 radical (unpaired) electrons. The van der Waals surface area contributed by atoms with E-state index in [4.69, 9.17) is 9.94 Å². The number of nitrogens with zero attached hydrogens (tertiary/aromatic N) is 2. The monoisotopic (exact) mass is 371 g/mol. The van der Waals surface area contributed by atoms with Gasteiger partial charge in [-0.3, -0.25) is 14.8 Å². The van der Waals surface area contributed by atoms with Crippen LogP contribution in [0.25, 0.3) is 0 Å². The molecule has 0 saturated carbocycles. The van der Waals surface area contributed by atoms with E-state index in [0.29, 0.717) is 5.75 Å². The lowest BCUT2D eigenvalue weighted by Gasteiger charge is -2.43. The molecule has 2 amide bonds. The fourth-order valence-corrected chi connectivity index (χ4v) is 4.29. The Kier molecular flexibility index (Phi) is 5.65. The van der Waals surface area contributed by atoms with Gasteiger partial charge in [0.05, 0.1) is 12.0 Å². The van der Waals surface area contributed by atoms with Crippen LogP contribution in [0.4, 0.5) is 0 Å². The van der Waals surface area contributed by atoms with Crippen molar-refractivity contribution in [2.45, 2.75) is 37.4 Å². The van der Waals surface area contributed by atoms with Gasteiger partial charge in [-0.2, -0.15) is 4.31 Å². The Morgan fingerprint density at radius 1 is 1.32 bits per heavy atom. The molecule has 1 saturated heterocycles. The van der Waals surface area contributed by atoms with Crippen LogP contribution < -0.4 is 10.2 Å². The highest BCUT2D eigenvalue weighted by molar-refractivity contribution is 7.89. The second-order valence-electron chi connectivity index (χ2n) is 5.79. The number of nitrogens with one attached hydrogen (secondary N) is 1. The number of hydrogen-bond acceptors (Lipinski definition) is 6. The van der Waals surface area contributed by atoms with Gasteiger partial charge in [0, 0.05) is 19.0 Å². The summed E-state index contributed by atoms with van der Waals surface area (Å²) in [5.74, 6) is -0.857. The standard InChI is InChI=1S/C15H21N3O6S/c1-10(2)18-13(19)8-9-17(15(18)14(20)16-21)25(22,23)12-6-4-11(24-3)5-7-12/h4-7,10,15,21H,8-9H2,1-3H3,(H,16,20)/t15-/m0/s1. The molecule has 9 nitrogen and oxygen atoms in total. The summed E-state index contributed by atoms with van der Waals surface area (Å²) in [5, 5.41) is 9.02. The average molecular weight is 371 g/mol. The van der Waals surface area contributed by atoms with Crippen LogP contribution in [0, 0.1) is 0 Å². The molecule has 2 rings (SSSR count). The first kappa shape index (κ1) is 19.2. The van der Waals surface area contributed by atoms with Crippen LogP contribution in [0.5, 0.6) is 5.75 Å². The number of rotatable bonds is 5. The van der Waals surface area contributed by atoms with E-state index >= 15 is 0 Å². The number of carbonyl (C=O) groups excluding carboxylic acids is 2. The van der Waals surface area contributed by atoms with Crippen molar-refractivity contribution in [3.8, 4) is 5.75 Å². The fraction of sp³-hybridized carbons (Fsp3) is 0.467. The van der Waals surface area contributed by atoms with E-state index in [9.17, 15) is 18.0 Å². The number of amides is 2. The van der Waals surface area contributed by atoms with Gasteiger partial charge in [-0.1, -0.05) is 0 Å². The normalized spacial score (nSPS) is 19.2. The molecule has 1 aromatic carbocycles. The van der Waals surface area contributed by atoms with Gasteiger partial charge < -0.3 is 9.64 Å². The van der Waals surface area contributed by atoms with Gasteiger partial charge in [-0.15, -0.1) is 0 Å². The lowest BCUT2D eigenvalue weighted by molar-refractivity contribution is -0.156. The predicted octanol–water partition coefficient (Wildman–Crippen LogP) is 0.158. The summed E-state index contributed by atoms with van der Waals surface area (Å²) in [5.41, 5.74) is 1.45. The van der Waals surface area contributed by atoms with E-state index in [1.54, 1.807) is 13.8 Å². The predicted molar refractivity (Wildman–Crippen MR) is 87.2 cm³/mol. The third kappa shape index (κ3) is 3.60. The lowest BCUT2D eigenvalue weighted by Crippen LogP contribution is -2.65. The molecule has 1 atom stereocenters. The van der Waals surface area contributed by atoms with Crippen molar-refractivity contribution in [1.82, 2.24) is 14.7 Å². The minimum atomic E-state index is -4.07. The van der Waals surface area contributed by atoms with E-state index in [0.717, 1.165) is 9.21 Å². The zero-order chi connectivity index (χ0) is 18.8. The first-order valence-electron chi connectivity index (χ1n) is 7.65. The Morgan fingerprint density at radius 3 is 2.40 bits per heavy atom. The molecule has 0 aromatic heterocycles. The molecule has 0 aliphatic carbocycles. The first-order chi connectivity index (χ1) is 11.7. The highest BCUT2D eigenvalue weighted by atomic mass is 32.2. The fourth-order valence-electron chi connectivity index (χ4n) is 2.75. The van der Waals surface area contributed by atoms with Gasteiger partial charge in [0.15, 0.2) is 6.17 Å². The van der Waals surface area contributed by atoms with Crippen molar-refractivity contribution in [3.63, 3.8) is 0 Å². The Balaban J connectivity index is 2.48. The number of hydrogen-bond donors (Lipinski definition) is 2.